The minimum atomic E-state index is -0.831. The van der Waals surface area contributed by atoms with Crippen LogP contribution >= 0.6 is 11.6 Å². The van der Waals surface area contributed by atoms with E-state index in [0.717, 1.165) is 24.2 Å². The highest BCUT2D eigenvalue weighted by atomic mass is 35.5. The Bertz CT molecular complexity index is 955. The Hall–Kier alpha value is -2.93. The number of Topliss-reactive ketones (excluding diaryl/α,β-unsaturated/α-hetero) is 1. The van der Waals surface area contributed by atoms with E-state index in [4.69, 9.17) is 16.3 Å². The smallest absolute Gasteiger partial charge is 0.325 e. The Morgan fingerprint density at radius 3 is 2.66 bits per heavy atom. The highest BCUT2D eigenvalue weighted by Crippen LogP contribution is 2.33. The highest BCUT2D eigenvalue weighted by Gasteiger charge is 2.51. The number of rotatable bonds is 5. The third-order valence-electron chi connectivity index (χ3n) is 5.33. The summed E-state index contributed by atoms with van der Waals surface area (Å²) in [5.41, 5.74) is -0.531. The first-order chi connectivity index (χ1) is 14.0. The summed E-state index contributed by atoms with van der Waals surface area (Å²) in [5.74, 6) is 0.175. The van der Waals surface area contributed by atoms with Crippen molar-refractivity contribution in [3.8, 4) is 11.6 Å². The number of hydrogen-bond acceptors (Lipinski definition) is 5. The molecule has 1 N–H and O–H groups in total. The van der Waals surface area contributed by atoms with Gasteiger partial charge < -0.3 is 10.1 Å². The van der Waals surface area contributed by atoms with E-state index in [1.165, 1.54) is 6.20 Å². The molecule has 0 unspecified atom stereocenters. The zero-order chi connectivity index (χ0) is 20.4. The Labute approximate surface area is 173 Å². The second kappa shape index (κ2) is 7.83. The third kappa shape index (κ3) is 3.96. The van der Waals surface area contributed by atoms with Gasteiger partial charge in [0.15, 0.2) is 5.78 Å². The van der Waals surface area contributed by atoms with Crippen molar-refractivity contribution in [1.29, 1.82) is 0 Å². The Morgan fingerprint density at radius 2 is 1.97 bits per heavy atom. The van der Waals surface area contributed by atoms with Gasteiger partial charge >= 0.3 is 6.03 Å². The molecule has 1 saturated heterocycles. The monoisotopic (exact) mass is 413 g/mol. The topological polar surface area (TPSA) is 88.6 Å². The fourth-order valence-corrected chi connectivity index (χ4v) is 3.99. The van der Waals surface area contributed by atoms with Gasteiger partial charge in [0.1, 0.15) is 11.3 Å². The first-order valence-electron chi connectivity index (χ1n) is 9.54. The van der Waals surface area contributed by atoms with Crippen LogP contribution in [0.2, 0.25) is 5.02 Å². The molecule has 0 bridgehead atoms. The van der Waals surface area contributed by atoms with Crippen LogP contribution in [-0.2, 0) is 4.79 Å². The number of benzene rings is 1. The molecule has 1 aromatic heterocycles. The lowest BCUT2D eigenvalue weighted by molar-refractivity contribution is -0.132. The van der Waals surface area contributed by atoms with Crippen molar-refractivity contribution in [2.24, 2.45) is 0 Å². The Morgan fingerprint density at radius 1 is 1.17 bits per heavy atom. The number of carbonyl (C=O) groups is 3. The van der Waals surface area contributed by atoms with Crippen LogP contribution in [0.5, 0.6) is 11.6 Å². The van der Waals surface area contributed by atoms with Crippen molar-refractivity contribution < 1.29 is 19.1 Å². The van der Waals surface area contributed by atoms with Gasteiger partial charge in [0.05, 0.1) is 6.54 Å². The second-order valence-electron chi connectivity index (χ2n) is 7.33. The van der Waals surface area contributed by atoms with Gasteiger partial charge in [0.2, 0.25) is 5.88 Å². The van der Waals surface area contributed by atoms with E-state index in [0.29, 0.717) is 35.1 Å². The number of nitrogens with one attached hydrogen (secondary N) is 1. The quantitative estimate of drug-likeness (QED) is 0.592. The number of amides is 3. The molecule has 0 radical (unpaired) electrons. The number of urea groups is 1. The molecule has 2 heterocycles. The number of ether oxygens (including phenoxy) is 1. The molecule has 7 nitrogen and oxygen atoms in total. The van der Waals surface area contributed by atoms with Crippen LogP contribution in [0.15, 0.2) is 42.6 Å². The molecule has 2 fully saturated rings. The van der Waals surface area contributed by atoms with Crippen molar-refractivity contribution in [3.05, 3.63) is 53.2 Å². The van der Waals surface area contributed by atoms with Crippen molar-refractivity contribution in [2.75, 3.05) is 6.54 Å². The Kier molecular flexibility index (Phi) is 5.24. The molecule has 1 aromatic carbocycles. The van der Waals surface area contributed by atoms with Crippen LogP contribution in [0, 0.1) is 0 Å². The van der Waals surface area contributed by atoms with Crippen LogP contribution in [0.3, 0.4) is 0 Å². The summed E-state index contributed by atoms with van der Waals surface area (Å²) < 4.78 is 5.60. The lowest BCUT2D eigenvalue weighted by Crippen LogP contribution is -2.48. The minimum absolute atomic E-state index is 0.300. The molecule has 0 atom stereocenters. The number of ketones is 1. The van der Waals surface area contributed by atoms with Crippen LogP contribution < -0.4 is 10.1 Å². The molecule has 29 heavy (non-hydrogen) atoms. The maximum absolute atomic E-state index is 12.8. The van der Waals surface area contributed by atoms with Gasteiger partial charge in [-0.1, -0.05) is 36.9 Å². The third-order valence-corrected chi connectivity index (χ3v) is 5.57. The predicted octanol–water partition coefficient (Wildman–Crippen LogP) is 3.96. The van der Waals surface area contributed by atoms with E-state index in [1.807, 2.05) is 0 Å². The predicted molar refractivity (Wildman–Crippen MR) is 106 cm³/mol. The van der Waals surface area contributed by atoms with E-state index < -0.39 is 11.6 Å². The fraction of sp³-hybridized carbons (Fsp3) is 0.333. The van der Waals surface area contributed by atoms with Crippen LogP contribution in [0.4, 0.5) is 4.79 Å². The zero-order valence-electron chi connectivity index (χ0n) is 15.7. The number of carbonyl (C=O) groups excluding carboxylic acids is 3. The van der Waals surface area contributed by atoms with Gasteiger partial charge in [0.25, 0.3) is 5.91 Å². The minimum Gasteiger partial charge on any atom is -0.439 e. The number of aromatic nitrogens is 1. The normalized spacial score (nSPS) is 18.0. The molecule has 4 rings (SSSR count). The average molecular weight is 414 g/mol. The van der Waals surface area contributed by atoms with E-state index in [9.17, 15) is 14.4 Å². The number of hydrogen-bond donors (Lipinski definition) is 1. The first-order valence-corrected chi connectivity index (χ1v) is 9.91. The molecule has 1 aliphatic heterocycles. The number of halogens is 1. The molecule has 1 saturated carbocycles. The SMILES string of the molecule is O=C(CN1C(=O)NC2(CCCCC2)C1=O)c1ccc(Oc2cccc(Cl)c2)nc1. The molecule has 1 aliphatic carbocycles. The maximum atomic E-state index is 12.8. The molecule has 150 valence electrons. The standard InChI is InChI=1S/C21H20ClN3O4/c22-15-5-4-6-16(11-15)29-18-8-7-14(12-23-18)17(26)13-25-19(27)21(24-20(25)28)9-2-1-3-10-21/h4-8,11-12H,1-3,9-10,13H2,(H,24,28). The van der Waals surface area contributed by atoms with E-state index in [1.54, 1.807) is 36.4 Å². The molecule has 1 spiro atoms. The molecule has 2 aliphatic rings. The summed E-state index contributed by atoms with van der Waals surface area (Å²) in [5, 5.41) is 3.35. The summed E-state index contributed by atoms with van der Waals surface area (Å²) in [6.45, 7) is -0.303. The van der Waals surface area contributed by atoms with Crippen molar-refractivity contribution in [1.82, 2.24) is 15.2 Å². The largest absolute Gasteiger partial charge is 0.439 e. The van der Waals surface area contributed by atoms with Gasteiger partial charge in [-0.05, 0) is 37.1 Å². The molecule has 2 aromatic rings. The summed E-state index contributed by atoms with van der Waals surface area (Å²) in [6.07, 6.45) is 5.46. The van der Waals surface area contributed by atoms with E-state index in [2.05, 4.69) is 10.3 Å². The van der Waals surface area contributed by atoms with Crippen LogP contribution in [-0.4, -0.2) is 39.7 Å². The van der Waals surface area contributed by atoms with Crippen molar-refractivity contribution >= 4 is 29.3 Å². The van der Waals surface area contributed by atoms with Gasteiger partial charge in [-0.25, -0.2) is 9.78 Å². The number of pyridine rings is 1. The highest BCUT2D eigenvalue weighted by molar-refractivity contribution is 6.30. The van der Waals surface area contributed by atoms with Crippen molar-refractivity contribution in [2.45, 2.75) is 37.6 Å². The average Bonchev–Trinajstić information content (AvgIpc) is 2.93. The maximum Gasteiger partial charge on any atom is 0.325 e. The zero-order valence-corrected chi connectivity index (χ0v) is 16.4. The van der Waals surface area contributed by atoms with Gasteiger partial charge in [-0.15, -0.1) is 0 Å². The number of imide groups is 1. The van der Waals surface area contributed by atoms with Crippen LogP contribution in [0.25, 0.3) is 0 Å². The fourth-order valence-electron chi connectivity index (χ4n) is 3.81. The molecule has 3 amide bonds. The lowest BCUT2D eigenvalue weighted by Gasteiger charge is -2.30. The van der Waals surface area contributed by atoms with E-state index in [-0.39, 0.29) is 18.2 Å². The summed E-state index contributed by atoms with van der Waals surface area (Å²) in [7, 11) is 0. The molecule has 8 heteroatoms. The van der Waals surface area contributed by atoms with Gasteiger partial charge in [-0.3, -0.25) is 14.5 Å². The van der Waals surface area contributed by atoms with Gasteiger partial charge in [0, 0.05) is 22.8 Å². The first kappa shape index (κ1) is 19.4. The lowest BCUT2D eigenvalue weighted by atomic mass is 9.82. The van der Waals surface area contributed by atoms with Crippen LogP contribution in [0.1, 0.15) is 42.5 Å². The Balaban J connectivity index is 1.42. The van der Waals surface area contributed by atoms with Crippen molar-refractivity contribution in [3.63, 3.8) is 0 Å². The second-order valence-corrected chi connectivity index (χ2v) is 7.77. The van der Waals surface area contributed by atoms with E-state index >= 15 is 0 Å². The molecular formula is C21H20ClN3O4. The van der Waals surface area contributed by atoms with Gasteiger partial charge in [-0.2, -0.15) is 0 Å². The summed E-state index contributed by atoms with van der Waals surface area (Å²) in [4.78, 5) is 42.8. The number of nitrogens with zero attached hydrogens (tertiary/aromatic N) is 2. The summed E-state index contributed by atoms with van der Waals surface area (Å²) in [6, 6.07) is 9.50. The molecular weight excluding hydrogens is 394 g/mol. The summed E-state index contributed by atoms with van der Waals surface area (Å²) >= 11 is 5.93.